The summed E-state index contributed by atoms with van der Waals surface area (Å²) in [7, 11) is 0. The average Bonchev–Trinajstić information content (AvgIpc) is 3.07. The highest BCUT2D eigenvalue weighted by Crippen LogP contribution is 2.60. The monoisotopic (exact) mass is 761 g/mol. The Morgan fingerprint density at radius 1 is 0.654 bits per heavy atom. The summed E-state index contributed by atoms with van der Waals surface area (Å²) >= 11 is 0. The van der Waals surface area contributed by atoms with E-state index in [0.717, 1.165) is 18.2 Å². The predicted octanol–water partition coefficient (Wildman–Crippen LogP) is 9.07. The summed E-state index contributed by atoms with van der Waals surface area (Å²) in [4.78, 5) is 25.3. The molecular weight excluding hydrogens is 741 g/mol. The second-order valence-corrected chi connectivity index (χ2v) is 10.3. The maximum absolute atomic E-state index is 14.1. The van der Waals surface area contributed by atoms with Crippen molar-refractivity contribution in [3.05, 3.63) is 96.1 Å². The van der Waals surface area contributed by atoms with Gasteiger partial charge in [-0.1, -0.05) is 12.7 Å². The molecule has 3 rings (SSSR count). The van der Waals surface area contributed by atoms with E-state index in [-0.39, 0.29) is 29.2 Å². The zero-order valence-electron chi connectivity index (χ0n) is 25.6. The lowest BCUT2D eigenvalue weighted by Gasteiger charge is -2.39. The number of ether oxygens (including phenoxy) is 4. The molecule has 3 aromatic carbocycles. The third kappa shape index (κ3) is 8.18. The van der Waals surface area contributed by atoms with Crippen LogP contribution in [0.15, 0.2) is 79.4 Å². The van der Waals surface area contributed by atoms with Crippen LogP contribution in [0.5, 0.6) is 23.0 Å². The number of alkyl halides is 13. The molecule has 0 heterocycles. The van der Waals surface area contributed by atoms with Crippen molar-refractivity contribution in [2.75, 3.05) is 13.2 Å². The van der Waals surface area contributed by atoms with Crippen LogP contribution in [0.3, 0.4) is 0 Å². The smallest absolute Gasteiger partial charge is 0.460 e. The van der Waals surface area contributed by atoms with Crippen LogP contribution >= 0.6 is 0 Å². The summed E-state index contributed by atoms with van der Waals surface area (Å²) in [5.41, 5.74) is -0.0501. The number of esters is 2. The Labute approximate surface area is 283 Å². The zero-order valence-corrected chi connectivity index (χ0v) is 25.6. The largest absolute Gasteiger partial charge is 0.493 e. The van der Waals surface area contributed by atoms with E-state index in [1.807, 2.05) is 6.07 Å². The molecule has 0 radical (unpaired) electrons. The Bertz CT molecular complexity index is 1800. The predicted molar refractivity (Wildman–Crippen MR) is 151 cm³/mol. The standard InChI is InChI=1S/C32H20F13NO6/c1-2-14-50-24-16-22(49-15-13-27(33,34)28(35,36)29(37,38)30(39,40)31(41,42)32(43,44)45)11-12-23(24)26(48)52-21-9-5-19(6-10-21)25(47)51-20-7-3-18(17-46)4-8-20/h2-12,16H,1,13-15H2. The lowest BCUT2D eigenvalue weighted by Crippen LogP contribution is -2.70. The van der Waals surface area contributed by atoms with E-state index in [1.165, 1.54) is 54.6 Å². The summed E-state index contributed by atoms with van der Waals surface area (Å²) in [6.45, 7) is 1.31. The van der Waals surface area contributed by atoms with Crippen molar-refractivity contribution in [2.24, 2.45) is 0 Å². The van der Waals surface area contributed by atoms with Gasteiger partial charge in [0.2, 0.25) is 0 Å². The fourth-order valence-electron chi connectivity index (χ4n) is 3.87. The van der Waals surface area contributed by atoms with Crippen LogP contribution in [-0.4, -0.2) is 60.9 Å². The lowest BCUT2D eigenvalue weighted by atomic mass is 9.93. The Hall–Kier alpha value is -5.48. The van der Waals surface area contributed by atoms with Gasteiger partial charge in [0.1, 0.15) is 35.2 Å². The number of carbonyl (C=O) groups is 2. The highest BCUT2D eigenvalue weighted by atomic mass is 19.4. The van der Waals surface area contributed by atoms with Crippen LogP contribution in [0.1, 0.15) is 32.7 Å². The molecule has 0 aliphatic rings. The van der Waals surface area contributed by atoms with Crippen molar-refractivity contribution in [3.63, 3.8) is 0 Å². The van der Waals surface area contributed by atoms with Crippen molar-refractivity contribution in [1.82, 2.24) is 0 Å². The third-order valence-corrected chi connectivity index (χ3v) is 6.71. The van der Waals surface area contributed by atoms with Gasteiger partial charge in [0.05, 0.1) is 30.2 Å². The van der Waals surface area contributed by atoms with Crippen LogP contribution in [0.4, 0.5) is 57.1 Å². The number of hydrogen-bond donors (Lipinski definition) is 0. The van der Waals surface area contributed by atoms with Crippen molar-refractivity contribution in [3.8, 4) is 29.1 Å². The van der Waals surface area contributed by atoms with E-state index in [1.54, 1.807) is 0 Å². The first-order chi connectivity index (χ1) is 23.9. The molecular formula is C32H20F13NO6. The van der Waals surface area contributed by atoms with Crippen LogP contribution in [0.2, 0.25) is 0 Å². The molecule has 280 valence electrons. The molecule has 20 heteroatoms. The van der Waals surface area contributed by atoms with E-state index in [4.69, 9.17) is 24.2 Å². The Kier molecular flexibility index (Phi) is 11.8. The SMILES string of the molecule is C=CCOc1cc(OCCC(F)(F)C(F)(F)C(F)(F)C(F)(F)C(F)(F)C(F)(F)F)ccc1C(=O)Oc1ccc(C(=O)Oc2ccc(C#N)cc2)cc1. The zero-order chi connectivity index (χ0) is 39.3. The minimum absolute atomic E-state index is 0.0145. The first kappa shape index (κ1) is 40.9. The summed E-state index contributed by atoms with van der Waals surface area (Å²) < 4.78 is 194. The normalized spacial score (nSPS) is 12.8. The third-order valence-electron chi connectivity index (χ3n) is 6.71. The van der Waals surface area contributed by atoms with Crippen LogP contribution in [-0.2, 0) is 0 Å². The Morgan fingerprint density at radius 3 is 1.67 bits per heavy atom. The Morgan fingerprint density at radius 2 is 1.15 bits per heavy atom. The van der Waals surface area contributed by atoms with Gasteiger partial charge < -0.3 is 18.9 Å². The topological polar surface area (TPSA) is 94.8 Å². The first-order valence-electron chi connectivity index (χ1n) is 13.9. The fourth-order valence-corrected chi connectivity index (χ4v) is 3.87. The Balaban J connectivity index is 1.71. The highest BCUT2D eigenvalue weighted by molar-refractivity contribution is 5.95. The number of benzene rings is 3. The molecule has 3 aromatic rings. The van der Waals surface area contributed by atoms with Gasteiger partial charge in [0.15, 0.2) is 0 Å². The van der Waals surface area contributed by atoms with Gasteiger partial charge in [-0.25, -0.2) is 9.59 Å². The number of carbonyl (C=O) groups excluding carboxylic acids is 2. The summed E-state index contributed by atoms with van der Waals surface area (Å²) in [6.07, 6.45) is -8.96. The maximum Gasteiger partial charge on any atom is 0.460 e. The van der Waals surface area contributed by atoms with E-state index in [9.17, 15) is 66.7 Å². The van der Waals surface area contributed by atoms with Crippen LogP contribution in [0, 0.1) is 11.3 Å². The summed E-state index contributed by atoms with van der Waals surface area (Å²) in [5.74, 6) is -40.6. The molecule has 52 heavy (non-hydrogen) atoms. The molecule has 0 saturated heterocycles. The van der Waals surface area contributed by atoms with Gasteiger partial charge in [0, 0.05) is 6.07 Å². The van der Waals surface area contributed by atoms with Crippen molar-refractivity contribution < 1.29 is 85.6 Å². The van der Waals surface area contributed by atoms with Gasteiger partial charge in [-0.2, -0.15) is 62.3 Å². The molecule has 0 unspecified atom stereocenters. The fraction of sp³-hybridized carbons (Fsp3) is 0.281. The second kappa shape index (κ2) is 15.0. The number of nitriles is 1. The number of nitrogens with zero attached hydrogens (tertiary/aromatic N) is 1. The summed E-state index contributed by atoms with van der Waals surface area (Å²) in [5, 5.41) is 8.84. The molecule has 0 fully saturated rings. The molecule has 0 aromatic heterocycles. The van der Waals surface area contributed by atoms with E-state index >= 15 is 0 Å². The first-order valence-corrected chi connectivity index (χ1v) is 13.9. The molecule has 0 spiro atoms. The highest BCUT2D eigenvalue weighted by Gasteiger charge is 2.90. The molecule has 0 amide bonds. The van der Waals surface area contributed by atoms with Gasteiger partial charge in [-0.15, -0.1) is 0 Å². The van der Waals surface area contributed by atoms with Gasteiger partial charge in [0.25, 0.3) is 0 Å². The van der Waals surface area contributed by atoms with Gasteiger partial charge >= 0.3 is 47.7 Å². The quantitative estimate of drug-likeness (QED) is 0.0661. The van der Waals surface area contributed by atoms with Crippen molar-refractivity contribution in [2.45, 2.75) is 42.2 Å². The van der Waals surface area contributed by atoms with E-state index in [2.05, 4.69) is 6.58 Å². The van der Waals surface area contributed by atoms with Crippen LogP contribution < -0.4 is 18.9 Å². The molecule has 0 N–H and O–H groups in total. The van der Waals surface area contributed by atoms with Crippen molar-refractivity contribution in [1.29, 1.82) is 5.26 Å². The van der Waals surface area contributed by atoms with Gasteiger partial charge in [-0.05, 0) is 60.7 Å². The minimum atomic E-state index is -8.02. The van der Waals surface area contributed by atoms with Gasteiger partial charge in [-0.3, -0.25) is 0 Å². The minimum Gasteiger partial charge on any atom is -0.493 e. The molecule has 0 aliphatic carbocycles. The second-order valence-electron chi connectivity index (χ2n) is 10.3. The molecule has 0 aliphatic heterocycles. The number of halogens is 13. The van der Waals surface area contributed by atoms with Crippen molar-refractivity contribution >= 4 is 11.9 Å². The number of rotatable bonds is 15. The maximum atomic E-state index is 14.1. The lowest BCUT2D eigenvalue weighted by molar-refractivity contribution is -0.440. The van der Waals surface area contributed by atoms with E-state index < -0.39 is 72.3 Å². The molecule has 7 nitrogen and oxygen atoms in total. The molecule has 0 bridgehead atoms. The summed E-state index contributed by atoms with van der Waals surface area (Å²) in [6, 6.07) is 14.8. The van der Waals surface area contributed by atoms with E-state index in [0.29, 0.717) is 5.56 Å². The number of hydrogen-bond acceptors (Lipinski definition) is 7. The van der Waals surface area contributed by atoms with Crippen LogP contribution in [0.25, 0.3) is 0 Å². The molecule has 0 atom stereocenters. The average molecular weight is 761 g/mol. The molecule has 0 saturated carbocycles.